The van der Waals surface area contributed by atoms with Crippen LogP contribution in [0.4, 0.5) is 10.5 Å². The van der Waals surface area contributed by atoms with Gasteiger partial charge in [-0.3, -0.25) is 14.5 Å². The summed E-state index contributed by atoms with van der Waals surface area (Å²) in [4.78, 5) is 39.3. The van der Waals surface area contributed by atoms with Crippen molar-refractivity contribution in [1.82, 2.24) is 10.2 Å². The Morgan fingerprint density at radius 3 is 2.28 bits per heavy atom. The van der Waals surface area contributed by atoms with Crippen LogP contribution in [0, 0.1) is 0 Å². The number of benzene rings is 2. The Morgan fingerprint density at radius 2 is 1.72 bits per heavy atom. The van der Waals surface area contributed by atoms with Crippen molar-refractivity contribution < 1.29 is 23.9 Å². The van der Waals surface area contributed by atoms with Gasteiger partial charge in [0.15, 0.2) is 0 Å². The van der Waals surface area contributed by atoms with Gasteiger partial charge in [0.2, 0.25) is 5.91 Å². The van der Waals surface area contributed by atoms with Gasteiger partial charge in [0.1, 0.15) is 23.6 Å². The van der Waals surface area contributed by atoms with E-state index in [1.165, 1.54) is 7.11 Å². The SMILES string of the molecule is COc1ccc(C2(C)NC(=O)N(CC(=O)Nc3cc(C(C)(C)C)ccc3OC)C2=O)cc1. The molecule has 4 amide bonds. The van der Waals surface area contributed by atoms with Gasteiger partial charge in [-0.05, 0) is 47.7 Å². The number of nitrogens with zero attached hydrogens (tertiary/aromatic N) is 1. The van der Waals surface area contributed by atoms with Crippen LogP contribution >= 0.6 is 0 Å². The van der Waals surface area contributed by atoms with E-state index in [0.29, 0.717) is 22.7 Å². The normalized spacial score (nSPS) is 18.4. The summed E-state index contributed by atoms with van der Waals surface area (Å²) in [7, 11) is 3.06. The minimum absolute atomic E-state index is 0.128. The van der Waals surface area contributed by atoms with Gasteiger partial charge in [0.25, 0.3) is 5.91 Å². The third-order valence-electron chi connectivity index (χ3n) is 5.58. The van der Waals surface area contributed by atoms with E-state index >= 15 is 0 Å². The van der Waals surface area contributed by atoms with E-state index in [9.17, 15) is 14.4 Å². The predicted molar refractivity (Wildman–Crippen MR) is 121 cm³/mol. The topological polar surface area (TPSA) is 97.0 Å². The van der Waals surface area contributed by atoms with Crippen LogP contribution in [0.1, 0.15) is 38.8 Å². The van der Waals surface area contributed by atoms with Crippen molar-refractivity contribution in [2.75, 3.05) is 26.1 Å². The number of hydrogen-bond donors (Lipinski definition) is 2. The van der Waals surface area contributed by atoms with Crippen molar-refractivity contribution in [1.29, 1.82) is 0 Å². The van der Waals surface area contributed by atoms with Gasteiger partial charge >= 0.3 is 6.03 Å². The highest BCUT2D eigenvalue weighted by Crippen LogP contribution is 2.32. The molecule has 1 fully saturated rings. The quantitative estimate of drug-likeness (QED) is 0.673. The second-order valence-electron chi connectivity index (χ2n) is 8.89. The number of hydrogen-bond acceptors (Lipinski definition) is 5. The first-order valence-electron chi connectivity index (χ1n) is 10.3. The lowest BCUT2D eigenvalue weighted by atomic mass is 9.87. The third-order valence-corrected chi connectivity index (χ3v) is 5.58. The molecular formula is C24H29N3O5. The number of amides is 4. The number of ether oxygens (including phenoxy) is 2. The summed E-state index contributed by atoms with van der Waals surface area (Å²) >= 11 is 0. The predicted octanol–water partition coefficient (Wildman–Crippen LogP) is 3.41. The highest BCUT2D eigenvalue weighted by Gasteiger charge is 2.49. The van der Waals surface area contributed by atoms with Crippen LogP contribution < -0.4 is 20.1 Å². The maximum atomic E-state index is 13.1. The van der Waals surface area contributed by atoms with Crippen molar-refractivity contribution >= 4 is 23.5 Å². The van der Waals surface area contributed by atoms with Crippen molar-refractivity contribution in [3.05, 3.63) is 53.6 Å². The van der Waals surface area contributed by atoms with Crippen molar-refractivity contribution in [2.45, 2.75) is 38.6 Å². The molecule has 0 radical (unpaired) electrons. The average molecular weight is 440 g/mol. The molecule has 1 saturated heterocycles. The first-order valence-corrected chi connectivity index (χ1v) is 10.3. The molecule has 8 nitrogen and oxygen atoms in total. The first kappa shape index (κ1) is 23.1. The molecule has 0 aliphatic carbocycles. The van der Waals surface area contributed by atoms with Crippen LogP contribution in [0.2, 0.25) is 0 Å². The fourth-order valence-corrected chi connectivity index (χ4v) is 3.57. The Balaban J connectivity index is 1.78. The van der Waals surface area contributed by atoms with E-state index in [4.69, 9.17) is 9.47 Å². The van der Waals surface area contributed by atoms with Gasteiger partial charge in [-0.25, -0.2) is 4.79 Å². The van der Waals surface area contributed by atoms with Gasteiger partial charge in [-0.1, -0.05) is 39.0 Å². The third kappa shape index (κ3) is 4.39. The smallest absolute Gasteiger partial charge is 0.325 e. The van der Waals surface area contributed by atoms with E-state index in [-0.39, 0.29) is 5.41 Å². The Kier molecular flexibility index (Phi) is 6.16. The summed E-state index contributed by atoms with van der Waals surface area (Å²) in [6.45, 7) is 7.39. The molecule has 0 bridgehead atoms. The Labute approximate surface area is 187 Å². The molecule has 2 aromatic rings. The lowest BCUT2D eigenvalue weighted by molar-refractivity contribution is -0.133. The lowest BCUT2D eigenvalue weighted by Crippen LogP contribution is -2.42. The summed E-state index contributed by atoms with van der Waals surface area (Å²) in [6, 6.07) is 11.8. The van der Waals surface area contributed by atoms with E-state index in [1.54, 1.807) is 44.4 Å². The maximum Gasteiger partial charge on any atom is 0.325 e. The van der Waals surface area contributed by atoms with E-state index < -0.39 is 29.9 Å². The molecule has 1 heterocycles. The molecule has 1 aliphatic rings. The molecule has 1 unspecified atom stereocenters. The molecule has 2 N–H and O–H groups in total. The van der Waals surface area contributed by atoms with Gasteiger partial charge < -0.3 is 20.1 Å². The Morgan fingerprint density at radius 1 is 1.06 bits per heavy atom. The maximum absolute atomic E-state index is 13.1. The molecule has 2 aromatic carbocycles. The van der Waals surface area contributed by atoms with Crippen LogP contribution in [0.25, 0.3) is 0 Å². The average Bonchev–Trinajstić information content (AvgIpc) is 2.97. The van der Waals surface area contributed by atoms with Crippen LogP contribution in [0.3, 0.4) is 0 Å². The molecule has 170 valence electrons. The highest BCUT2D eigenvalue weighted by atomic mass is 16.5. The van der Waals surface area contributed by atoms with E-state index in [1.807, 2.05) is 12.1 Å². The summed E-state index contributed by atoms with van der Waals surface area (Å²) in [6.07, 6.45) is 0. The molecule has 3 rings (SSSR count). The number of urea groups is 1. The molecule has 32 heavy (non-hydrogen) atoms. The Bertz CT molecular complexity index is 1040. The van der Waals surface area contributed by atoms with Crippen molar-refractivity contribution in [3.8, 4) is 11.5 Å². The summed E-state index contributed by atoms with van der Waals surface area (Å²) in [5.74, 6) is 0.124. The standard InChI is InChI=1S/C24H29N3O5/c1-23(2,3)16-9-12-19(32-6)18(13-16)25-20(28)14-27-21(29)24(4,26-22(27)30)15-7-10-17(31-5)11-8-15/h7-13H,14H2,1-6H3,(H,25,28)(H,26,30). The number of carbonyl (C=O) groups is 3. The van der Waals surface area contributed by atoms with E-state index in [0.717, 1.165) is 10.5 Å². The summed E-state index contributed by atoms with van der Waals surface area (Å²) in [5.41, 5.74) is 0.689. The van der Waals surface area contributed by atoms with Gasteiger partial charge in [0.05, 0.1) is 19.9 Å². The molecule has 0 saturated carbocycles. The number of imide groups is 1. The van der Waals surface area contributed by atoms with Crippen molar-refractivity contribution in [2.24, 2.45) is 0 Å². The van der Waals surface area contributed by atoms with Crippen LogP contribution in [0.15, 0.2) is 42.5 Å². The molecule has 1 atom stereocenters. The van der Waals surface area contributed by atoms with Crippen LogP contribution in [0.5, 0.6) is 11.5 Å². The number of methoxy groups -OCH3 is 2. The van der Waals surface area contributed by atoms with E-state index in [2.05, 4.69) is 31.4 Å². The fraction of sp³-hybridized carbons (Fsp3) is 0.375. The minimum atomic E-state index is -1.27. The highest BCUT2D eigenvalue weighted by molar-refractivity contribution is 6.10. The molecular weight excluding hydrogens is 410 g/mol. The van der Waals surface area contributed by atoms with Gasteiger partial charge in [-0.15, -0.1) is 0 Å². The van der Waals surface area contributed by atoms with Gasteiger partial charge in [-0.2, -0.15) is 0 Å². The molecule has 0 spiro atoms. The zero-order valence-corrected chi connectivity index (χ0v) is 19.2. The summed E-state index contributed by atoms with van der Waals surface area (Å²) < 4.78 is 10.5. The zero-order chi connectivity index (χ0) is 23.7. The minimum Gasteiger partial charge on any atom is -0.497 e. The molecule has 1 aliphatic heterocycles. The monoisotopic (exact) mass is 439 g/mol. The first-order chi connectivity index (χ1) is 15.0. The fourth-order valence-electron chi connectivity index (χ4n) is 3.57. The van der Waals surface area contributed by atoms with Crippen molar-refractivity contribution in [3.63, 3.8) is 0 Å². The number of nitrogens with one attached hydrogen (secondary N) is 2. The molecule has 8 heteroatoms. The zero-order valence-electron chi connectivity index (χ0n) is 19.2. The second kappa shape index (κ2) is 8.53. The second-order valence-corrected chi connectivity index (χ2v) is 8.89. The Hall–Kier alpha value is -3.55. The summed E-state index contributed by atoms with van der Waals surface area (Å²) in [5, 5.41) is 5.47. The molecule has 0 aromatic heterocycles. The number of carbonyl (C=O) groups excluding carboxylic acids is 3. The number of anilines is 1. The number of rotatable bonds is 6. The largest absolute Gasteiger partial charge is 0.497 e. The van der Waals surface area contributed by atoms with Crippen LogP contribution in [-0.2, 0) is 20.5 Å². The van der Waals surface area contributed by atoms with Crippen LogP contribution in [-0.4, -0.2) is 43.5 Å². The van der Waals surface area contributed by atoms with Gasteiger partial charge in [0, 0.05) is 0 Å². The lowest BCUT2D eigenvalue weighted by Gasteiger charge is -2.23.